The third-order valence-corrected chi connectivity index (χ3v) is 5.56. The number of aliphatic hydroxyl groups excluding tert-OH is 4. The summed E-state index contributed by atoms with van der Waals surface area (Å²) in [7, 11) is -3.76. The third-order valence-electron chi connectivity index (χ3n) is 3.61. The van der Waals surface area contributed by atoms with Crippen molar-refractivity contribution >= 4 is 7.60 Å². The molecule has 9 heteroatoms. The van der Waals surface area contributed by atoms with E-state index in [4.69, 9.17) is 9.26 Å². The van der Waals surface area contributed by atoms with Gasteiger partial charge in [-0.05, 0) is 19.3 Å². The first-order valence-corrected chi connectivity index (χ1v) is 7.82. The standard InChI is InChI=1S/C10H19O8P/c11-7-6(18-10(14)9(13)8(7)12)4-5-2-1-3-17-19(5,15)16/h5-14H,1-4H2,(H,15,16)/t5?,6-,7-,8+,9+,10+/m1/s1. The van der Waals surface area contributed by atoms with Crippen molar-refractivity contribution < 1.29 is 39.1 Å². The molecule has 5 N–H and O–H groups in total. The minimum atomic E-state index is -3.76. The smallest absolute Gasteiger partial charge is 0.331 e. The van der Waals surface area contributed by atoms with Crippen LogP contribution in [0.15, 0.2) is 0 Å². The third kappa shape index (κ3) is 3.17. The van der Waals surface area contributed by atoms with Crippen molar-refractivity contribution in [2.24, 2.45) is 0 Å². The molecule has 2 heterocycles. The molecule has 8 nitrogen and oxygen atoms in total. The maximum absolute atomic E-state index is 11.8. The number of hydrogen-bond acceptors (Lipinski definition) is 7. The first kappa shape index (κ1) is 15.3. The van der Waals surface area contributed by atoms with Gasteiger partial charge >= 0.3 is 7.60 Å². The summed E-state index contributed by atoms with van der Waals surface area (Å²) in [5.74, 6) is 0. The van der Waals surface area contributed by atoms with Crippen LogP contribution < -0.4 is 0 Å². The summed E-state index contributed by atoms with van der Waals surface area (Å²) in [6, 6.07) is 0. The Hall–Kier alpha value is -0.0500. The van der Waals surface area contributed by atoms with E-state index in [1.807, 2.05) is 0 Å². The fraction of sp³-hybridized carbons (Fsp3) is 1.00. The van der Waals surface area contributed by atoms with E-state index in [1.165, 1.54) is 0 Å². The van der Waals surface area contributed by atoms with E-state index in [0.29, 0.717) is 12.8 Å². The van der Waals surface area contributed by atoms with Crippen molar-refractivity contribution in [2.75, 3.05) is 6.61 Å². The summed E-state index contributed by atoms with van der Waals surface area (Å²) in [6.07, 6.45) is -6.23. The molecule has 0 aliphatic carbocycles. The zero-order chi connectivity index (χ0) is 14.2. The van der Waals surface area contributed by atoms with Gasteiger partial charge in [0.2, 0.25) is 0 Å². The molecular weight excluding hydrogens is 279 g/mol. The van der Waals surface area contributed by atoms with Gasteiger partial charge in [0.25, 0.3) is 0 Å². The molecule has 2 rings (SSSR count). The molecule has 0 amide bonds. The highest BCUT2D eigenvalue weighted by atomic mass is 31.2. The summed E-state index contributed by atoms with van der Waals surface area (Å²) >= 11 is 0. The number of ether oxygens (including phenoxy) is 1. The topological polar surface area (TPSA) is 137 Å². The normalized spacial score (nSPS) is 52.1. The Balaban J connectivity index is 2.03. The fourth-order valence-corrected chi connectivity index (χ4v) is 4.01. The van der Waals surface area contributed by atoms with Crippen LogP contribution in [-0.4, -0.2) is 68.3 Å². The summed E-state index contributed by atoms with van der Waals surface area (Å²) in [4.78, 5) is 9.66. The van der Waals surface area contributed by atoms with Crippen molar-refractivity contribution in [3.8, 4) is 0 Å². The molecule has 2 aliphatic heterocycles. The van der Waals surface area contributed by atoms with Crippen LogP contribution in [0, 0.1) is 0 Å². The molecule has 0 aromatic rings. The van der Waals surface area contributed by atoms with E-state index in [0.717, 1.165) is 0 Å². The lowest BCUT2D eigenvalue weighted by Gasteiger charge is -2.40. The summed E-state index contributed by atoms with van der Waals surface area (Å²) in [5.41, 5.74) is -0.712. The molecule has 0 spiro atoms. The highest BCUT2D eigenvalue weighted by Crippen LogP contribution is 2.54. The first-order chi connectivity index (χ1) is 8.83. The largest absolute Gasteiger partial charge is 0.388 e. The Kier molecular flexibility index (Phi) is 4.64. The molecule has 2 unspecified atom stereocenters. The van der Waals surface area contributed by atoms with Crippen LogP contribution in [0.25, 0.3) is 0 Å². The van der Waals surface area contributed by atoms with Crippen molar-refractivity contribution in [1.29, 1.82) is 0 Å². The van der Waals surface area contributed by atoms with E-state index in [-0.39, 0.29) is 13.0 Å². The van der Waals surface area contributed by atoms with Gasteiger partial charge in [-0.15, -0.1) is 0 Å². The lowest BCUT2D eigenvalue weighted by atomic mass is 9.95. The Morgan fingerprint density at radius 2 is 1.79 bits per heavy atom. The molecule has 2 fully saturated rings. The van der Waals surface area contributed by atoms with Crippen molar-refractivity contribution in [3.63, 3.8) is 0 Å². The zero-order valence-corrected chi connectivity index (χ0v) is 11.1. The molecular formula is C10H19O8P. The van der Waals surface area contributed by atoms with Gasteiger partial charge in [-0.3, -0.25) is 4.57 Å². The van der Waals surface area contributed by atoms with Gasteiger partial charge in [0, 0.05) is 0 Å². The lowest BCUT2D eigenvalue weighted by Crippen LogP contribution is -2.58. The number of aliphatic hydroxyl groups is 4. The van der Waals surface area contributed by atoms with Gasteiger partial charge in [0.15, 0.2) is 6.29 Å². The maximum atomic E-state index is 11.8. The van der Waals surface area contributed by atoms with Crippen LogP contribution in [0.4, 0.5) is 0 Å². The van der Waals surface area contributed by atoms with Gasteiger partial charge in [-0.2, -0.15) is 0 Å². The molecule has 0 aromatic heterocycles. The summed E-state index contributed by atoms with van der Waals surface area (Å²) in [6.45, 7) is 0.211. The maximum Gasteiger partial charge on any atom is 0.331 e. The molecule has 0 radical (unpaired) electrons. The number of hydrogen-bond donors (Lipinski definition) is 5. The Morgan fingerprint density at radius 1 is 1.11 bits per heavy atom. The molecule has 7 atom stereocenters. The predicted molar refractivity (Wildman–Crippen MR) is 62.3 cm³/mol. The van der Waals surface area contributed by atoms with E-state index in [2.05, 4.69) is 0 Å². The van der Waals surface area contributed by atoms with E-state index < -0.39 is 44.0 Å². The van der Waals surface area contributed by atoms with Gasteiger partial charge in [0.1, 0.15) is 18.3 Å². The molecule has 112 valence electrons. The van der Waals surface area contributed by atoms with Crippen LogP contribution in [0.5, 0.6) is 0 Å². The monoisotopic (exact) mass is 298 g/mol. The average Bonchev–Trinajstić information content (AvgIpc) is 2.35. The van der Waals surface area contributed by atoms with E-state index in [1.54, 1.807) is 0 Å². The molecule has 0 aromatic carbocycles. The minimum absolute atomic E-state index is 0.0320. The van der Waals surface area contributed by atoms with Gasteiger partial charge in [-0.25, -0.2) is 0 Å². The van der Waals surface area contributed by atoms with Crippen molar-refractivity contribution in [2.45, 2.75) is 55.6 Å². The van der Waals surface area contributed by atoms with Crippen LogP contribution in [0.2, 0.25) is 0 Å². The van der Waals surface area contributed by atoms with Crippen LogP contribution in [-0.2, 0) is 13.8 Å². The summed E-state index contributed by atoms with van der Waals surface area (Å²) < 4.78 is 21.6. The second-order valence-corrected chi connectivity index (χ2v) is 7.08. The highest BCUT2D eigenvalue weighted by molar-refractivity contribution is 7.53. The Bertz CT molecular complexity index is 363. The second-order valence-electron chi connectivity index (χ2n) is 4.97. The quantitative estimate of drug-likeness (QED) is 0.390. The number of rotatable bonds is 2. The average molecular weight is 298 g/mol. The van der Waals surface area contributed by atoms with Gasteiger partial charge in [-0.1, -0.05) is 0 Å². The molecule has 0 saturated carbocycles. The van der Waals surface area contributed by atoms with Gasteiger partial charge in [0.05, 0.1) is 18.4 Å². The Morgan fingerprint density at radius 3 is 2.42 bits per heavy atom. The highest BCUT2D eigenvalue weighted by Gasteiger charge is 2.46. The molecule has 0 bridgehead atoms. The lowest BCUT2D eigenvalue weighted by molar-refractivity contribution is -0.282. The van der Waals surface area contributed by atoms with E-state index in [9.17, 15) is 29.9 Å². The molecule has 2 aliphatic rings. The van der Waals surface area contributed by atoms with Gasteiger partial charge < -0.3 is 34.6 Å². The zero-order valence-electron chi connectivity index (χ0n) is 10.2. The van der Waals surface area contributed by atoms with Crippen molar-refractivity contribution in [3.05, 3.63) is 0 Å². The first-order valence-electron chi connectivity index (χ1n) is 6.17. The SMILES string of the molecule is O=P1(O)OCCCC1C[C@H]1O[C@H](O)[C@@H](O)[C@@H](O)[C@@H]1O. The fourth-order valence-electron chi connectivity index (χ4n) is 2.43. The summed E-state index contributed by atoms with van der Waals surface area (Å²) in [5, 5.41) is 38.0. The Labute approximate surface area is 110 Å². The van der Waals surface area contributed by atoms with E-state index >= 15 is 0 Å². The molecule has 2 saturated heterocycles. The van der Waals surface area contributed by atoms with Crippen LogP contribution in [0.3, 0.4) is 0 Å². The van der Waals surface area contributed by atoms with Crippen LogP contribution >= 0.6 is 7.60 Å². The van der Waals surface area contributed by atoms with Crippen LogP contribution in [0.1, 0.15) is 19.3 Å². The predicted octanol–water partition coefficient (Wildman–Crippen LogP) is -1.46. The second kappa shape index (κ2) is 5.75. The minimum Gasteiger partial charge on any atom is -0.388 e. The van der Waals surface area contributed by atoms with Crippen molar-refractivity contribution in [1.82, 2.24) is 0 Å². The molecule has 19 heavy (non-hydrogen) atoms.